The molecule has 1 N–H and O–H groups in total. The van der Waals surface area contributed by atoms with E-state index in [1.165, 1.54) is 0 Å². The Hall–Kier alpha value is -0.120. The molecule has 1 rings (SSSR count). The summed E-state index contributed by atoms with van der Waals surface area (Å²) in [7, 11) is 2.02. The number of hydrogen-bond donors (Lipinski definition) is 1. The summed E-state index contributed by atoms with van der Waals surface area (Å²) < 4.78 is 5.53. The molecule has 84 valence electrons. The van der Waals surface area contributed by atoms with Gasteiger partial charge >= 0.3 is 0 Å². The molecule has 0 spiro atoms. The third-order valence-electron chi connectivity index (χ3n) is 2.63. The van der Waals surface area contributed by atoms with Crippen molar-refractivity contribution in [3.8, 4) is 0 Å². The molecule has 0 bridgehead atoms. The number of nitrogens with one attached hydrogen (secondary N) is 1. The molecule has 0 saturated carbocycles. The molecule has 14 heavy (non-hydrogen) atoms. The van der Waals surface area contributed by atoms with E-state index in [9.17, 15) is 0 Å². The van der Waals surface area contributed by atoms with Crippen LogP contribution in [0.3, 0.4) is 0 Å². The highest BCUT2D eigenvalue weighted by atomic mass is 16.5. The van der Waals surface area contributed by atoms with Crippen molar-refractivity contribution in [3.05, 3.63) is 0 Å². The zero-order chi connectivity index (χ0) is 10.6. The van der Waals surface area contributed by atoms with Crippen LogP contribution >= 0.6 is 0 Å². The van der Waals surface area contributed by atoms with Gasteiger partial charge in [-0.15, -0.1) is 0 Å². The Labute approximate surface area is 87.8 Å². The highest BCUT2D eigenvalue weighted by Gasteiger charge is 2.24. The van der Waals surface area contributed by atoms with Crippen LogP contribution in [0.5, 0.6) is 0 Å². The Balaban J connectivity index is 2.34. The number of morpholine rings is 1. The predicted molar refractivity (Wildman–Crippen MR) is 59.6 cm³/mol. The normalized spacial score (nSPS) is 25.3. The number of ether oxygens (including phenoxy) is 1. The first-order valence-electron chi connectivity index (χ1n) is 5.52. The number of nitrogens with zero attached hydrogens (tertiary/aromatic N) is 1. The lowest BCUT2D eigenvalue weighted by atomic mass is 9.92. The van der Waals surface area contributed by atoms with Gasteiger partial charge in [-0.2, -0.15) is 0 Å². The molecule has 1 aliphatic rings. The molecule has 1 unspecified atom stereocenters. The summed E-state index contributed by atoms with van der Waals surface area (Å²) in [6.45, 7) is 12.0. The second-order valence-electron chi connectivity index (χ2n) is 5.11. The van der Waals surface area contributed by atoms with Crippen molar-refractivity contribution in [1.82, 2.24) is 10.2 Å². The van der Waals surface area contributed by atoms with Crippen LogP contribution in [-0.4, -0.2) is 50.8 Å². The third-order valence-corrected chi connectivity index (χ3v) is 2.63. The van der Waals surface area contributed by atoms with Crippen LogP contribution < -0.4 is 5.32 Å². The van der Waals surface area contributed by atoms with Crippen molar-refractivity contribution in [3.63, 3.8) is 0 Å². The van der Waals surface area contributed by atoms with E-state index in [1.54, 1.807) is 0 Å². The average Bonchev–Trinajstić information content (AvgIpc) is 2.02. The first-order valence-corrected chi connectivity index (χ1v) is 5.52. The summed E-state index contributed by atoms with van der Waals surface area (Å²) in [5, 5.41) is 3.25. The quantitative estimate of drug-likeness (QED) is 0.731. The highest BCUT2D eigenvalue weighted by Crippen LogP contribution is 2.17. The van der Waals surface area contributed by atoms with Gasteiger partial charge in [0.25, 0.3) is 0 Å². The SMILES string of the molecule is CNCC(C)(C)CN1CCOC(C)C1. The molecule has 1 heterocycles. The van der Waals surface area contributed by atoms with Crippen LogP contribution in [0.1, 0.15) is 20.8 Å². The maximum atomic E-state index is 5.53. The van der Waals surface area contributed by atoms with Crippen molar-refractivity contribution < 1.29 is 4.74 Å². The van der Waals surface area contributed by atoms with Crippen molar-refractivity contribution >= 4 is 0 Å². The van der Waals surface area contributed by atoms with E-state index in [4.69, 9.17) is 4.74 Å². The van der Waals surface area contributed by atoms with Crippen LogP contribution in [0.25, 0.3) is 0 Å². The van der Waals surface area contributed by atoms with Gasteiger partial charge in [-0.05, 0) is 19.4 Å². The summed E-state index contributed by atoms with van der Waals surface area (Å²) in [4.78, 5) is 2.51. The van der Waals surface area contributed by atoms with Crippen LogP contribution in [0.4, 0.5) is 0 Å². The molecular formula is C11H24N2O. The highest BCUT2D eigenvalue weighted by molar-refractivity contribution is 4.78. The number of hydrogen-bond acceptors (Lipinski definition) is 3. The molecule has 0 aromatic carbocycles. The Morgan fingerprint density at radius 1 is 1.50 bits per heavy atom. The lowest BCUT2D eigenvalue weighted by molar-refractivity contribution is -0.0289. The predicted octanol–water partition coefficient (Wildman–Crippen LogP) is 0.953. The summed E-state index contributed by atoms with van der Waals surface area (Å²) in [6, 6.07) is 0. The van der Waals surface area contributed by atoms with Gasteiger partial charge in [-0.25, -0.2) is 0 Å². The van der Waals surface area contributed by atoms with Crippen LogP contribution in [-0.2, 0) is 4.74 Å². The first kappa shape index (κ1) is 12.0. The minimum Gasteiger partial charge on any atom is -0.376 e. The van der Waals surface area contributed by atoms with Crippen molar-refractivity contribution in [2.75, 3.05) is 39.8 Å². The van der Waals surface area contributed by atoms with Crippen LogP contribution in [0.2, 0.25) is 0 Å². The van der Waals surface area contributed by atoms with Gasteiger partial charge in [0.15, 0.2) is 0 Å². The summed E-state index contributed by atoms with van der Waals surface area (Å²) in [5.41, 5.74) is 0.353. The van der Waals surface area contributed by atoms with Crippen LogP contribution in [0.15, 0.2) is 0 Å². The molecule has 1 saturated heterocycles. The molecule has 1 aliphatic heterocycles. The second-order valence-corrected chi connectivity index (χ2v) is 5.11. The summed E-state index contributed by atoms with van der Waals surface area (Å²) >= 11 is 0. The van der Waals surface area contributed by atoms with E-state index in [0.29, 0.717) is 11.5 Å². The van der Waals surface area contributed by atoms with E-state index in [0.717, 1.165) is 32.8 Å². The van der Waals surface area contributed by atoms with Gasteiger partial charge in [0, 0.05) is 26.2 Å². The smallest absolute Gasteiger partial charge is 0.0674 e. The van der Waals surface area contributed by atoms with Gasteiger partial charge in [-0.1, -0.05) is 13.8 Å². The van der Waals surface area contributed by atoms with Gasteiger partial charge < -0.3 is 10.1 Å². The minimum atomic E-state index is 0.353. The molecule has 0 aliphatic carbocycles. The molecule has 0 amide bonds. The fourth-order valence-electron chi connectivity index (χ4n) is 2.17. The molecule has 1 atom stereocenters. The van der Waals surface area contributed by atoms with E-state index in [1.807, 2.05) is 7.05 Å². The van der Waals surface area contributed by atoms with Gasteiger partial charge in [0.05, 0.1) is 12.7 Å². The Morgan fingerprint density at radius 2 is 2.21 bits per heavy atom. The summed E-state index contributed by atoms with van der Waals surface area (Å²) in [6.07, 6.45) is 0.397. The molecule has 0 aromatic rings. The molecule has 3 nitrogen and oxygen atoms in total. The fraction of sp³-hybridized carbons (Fsp3) is 1.00. The van der Waals surface area contributed by atoms with Crippen molar-refractivity contribution in [2.24, 2.45) is 5.41 Å². The molecule has 0 radical (unpaired) electrons. The molecule has 3 heteroatoms. The standard InChI is InChI=1S/C11H24N2O/c1-10-7-13(5-6-14-10)9-11(2,3)8-12-4/h10,12H,5-9H2,1-4H3. The van der Waals surface area contributed by atoms with Crippen LogP contribution in [0, 0.1) is 5.41 Å². The van der Waals surface area contributed by atoms with E-state index >= 15 is 0 Å². The van der Waals surface area contributed by atoms with Gasteiger partial charge in [0.1, 0.15) is 0 Å². The molecule has 0 aromatic heterocycles. The average molecular weight is 200 g/mol. The number of rotatable bonds is 4. The maximum absolute atomic E-state index is 5.53. The third kappa shape index (κ3) is 3.95. The first-order chi connectivity index (χ1) is 6.53. The Bertz CT molecular complexity index is 171. The Morgan fingerprint density at radius 3 is 2.79 bits per heavy atom. The van der Waals surface area contributed by atoms with Crippen molar-refractivity contribution in [1.29, 1.82) is 0 Å². The summed E-state index contributed by atoms with van der Waals surface area (Å²) in [5.74, 6) is 0. The second kappa shape index (κ2) is 5.10. The largest absolute Gasteiger partial charge is 0.376 e. The monoisotopic (exact) mass is 200 g/mol. The lowest BCUT2D eigenvalue weighted by Gasteiger charge is -2.37. The van der Waals surface area contributed by atoms with E-state index < -0.39 is 0 Å². The van der Waals surface area contributed by atoms with E-state index in [2.05, 4.69) is 31.0 Å². The fourth-order valence-corrected chi connectivity index (χ4v) is 2.17. The van der Waals surface area contributed by atoms with E-state index in [-0.39, 0.29) is 0 Å². The topological polar surface area (TPSA) is 24.5 Å². The zero-order valence-electron chi connectivity index (χ0n) is 9.97. The zero-order valence-corrected chi connectivity index (χ0v) is 9.97. The van der Waals surface area contributed by atoms with Crippen molar-refractivity contribution in [2.45, 2.75) is 26.9 Å². The van der Waals surface area contributed by atoms with Gasteiger partial charge in [0.2, 0.25) is 0 Å². The molecular weight excluding hydrogens is 176 g/mol. The molecule has 1 fully saturated rings. The maximum Gasteiger partial charge on any atom is 0.0674 e. The Kier molecular flexibility index (Phi) is 4.35. The minimum absolute atomic E-state index is 0.353. The van der Waals surface area contributed by atoms with Gasteiger partial charge in [-0.3, -0.25) is 4.90 Å². The lowest BCUT2D eigenvalue weighted by Crippen LogP contribution is -2.47.